The molecule has 0 unspecified atom stereocenters. The molecule has 4 aromatic rings. The first-order chi connectivity index (χ1) is 22.1. The van der Waals surface area contributed by atoms with Crippen molar-refractivity contribution in [3.05, 3.63) is 107 Å². The largest absolute Gasteiger partial charge is 0.494 e. The van der Waals surface area contributed by atoms with Crippen LogP contribution in [0.5, 0.6) is 23.0 Å². The highest BCUT2D eigenvalue weighted by atomic mass is 32.2. The molecule has 0 saturated heterocycles. The second-order valence-corrected chi connectivity index (χ2v) is 13.9. The van der Waals surface area contributed by atoms with Crippen molar-refractivity contribution < 1.29 is 36.9 Å². The van der Waals surface area contributed by atoms with Gasteiger partial charge in [-0.1, -0.05) is 36.4 Å². The van der Waals surface area contributed by atoms with Gasteiger partial charge in [0.15, 0.2) is 0 Å². The molecule has 1 heterocycles. The zero-order chi connectivity index (χ0) is 32.7. The average molecular weight is 645 g/mol. The second kappa shape index (κ2) is 14.7. The number of ether oxygens (including phenoxy) is 5. The lowest BCUT2D eigenvalue weighted by Crippen LogP contribution is -2.09. The van der Waals surface area contributed by atoms with Crippen molar-refractivity contribution in [2.75, 3.05) is 32.3 Å². The molecule has 5 rings (SSSR count). The number of methoxy groups -OCH3 is 1. The molecule has 9 heteroatoms. The minimum atomic E-state index is -3.03. The fourth-order valence-corrected chi connectivity index (χ4v) is 6.30. The van der Waals surface area contributed by atoms with Crippen LogP contribution in [-0.4, -0.2) is 46.7 Å². The summed E-state index contributed by atoms with van der Waals surface area (Å²) in [5.74, 6) is 2.72. The van der Waals surface area contributed by atoms with Gasteiger partial charge in [-0.05, 0) is 90.0 Å². The molecule has 0 bridgehead atoms. The van der Waals surface area contributed by atoms with Crippen LogP contribution in [-0.2, 0) is 32.6 Å². The highest BCUT2D eigenvalue weighted by molar-refractivity contribution is 7.90. The third-order valence-electron chi connectivity index (χ3n) is 7.93. The van der Waals surface area contributed by atoms with Gasteiger partial charge in [0.05, 0.1) is 32.5 Å². The molecule has 242 valence electrons. The molecule has 4 aromatic carbocycles. The van der Waals surface area contributed by atoms with E-state index in [1.807, 2.05) is 66.7 Å². The van der Waals surface area contributed by atoms with Crippen LogP contribution in [0.2, 0.25) is 0 Å². The highest BCUT2D eigenvalue weighted by Crippen LogP contribution is 2.39. The zero-order valence-electron chi connectivity index (χ0n) is 26.7. The molecule has 0 aliphatic carbocycles. The molecule has 1 aliphatic heterocycles. The third kappa shape index (κ3) is 8.60. The Morgan fingerprint density at radius 3 is 2.30 bits per heavy atom. The molecule has 46 heavy (non-hydrogen) atoms. The predicted octanol–water partition coefficient (Wildman–Crippen LogP) is 6.98. The van der Waals surface area contributed by atoms with Crippen LogP contribution < -0.4 is 18.9 Å². The number of hydrogen-bond acceptors (Lipinski definition) is 8. The molecule has 1 atom stereocenters. The van der Waals surface area contributed by atoms with Gasteiger partial charge in [-0.15, -0.1) is 0 Å². The smallest absolute Gasteiger partial charge is 0.306 e. The molecule has 1 aliphatic rings. The molecular formula is C37H40O8S. The quantitative estimate of drug-likeness (QED) is 0.107. The van der Waals surface area contributed by atoms with Crippen molar-refractivity contribution >= 4 is 15.8 Å². The maximum atomic E-state index is 11.8. The summed E-state index contributed by atoms with van der Waals surface area (Å²) in [5.41, 5.74) is 7.20. The Labute approximate surface area is 271 Å². The van der Waals surface area contributed by atoms with Gasteiger partial charge in [0, 0.05) is 23.8 Å². The standard InChI is InChI=1S/C37H40O8S/c1-25-17-32(42-15-8-16-46(4,39)40)18-26(2)37(25)34-19-27(11-12-28(34)23-44-30-9-6-5-7-10-30)22-43-31-13-14-33-29(20-36(38)41-3)24-45-35(33)21-31/h5-7,9-14,17-19,21,29H,8,15-16,20,22-24H2,1-4H3/t29-/m1/s1. The minimum Gasteiger partial charge on any atom is -0.494 e. The van der Waals surface area contributed by atoms with Gasteiger partial charge in [-0.2, -0.15) is 0 Å². The summed E-state index contributed by atoms with van der Waals surface area (Å²) in [6.07, 6.45) is 1.95. The van der Waals surface area contributed by atoms with E-state index in [4.69, 9.17) is 23.7 Å². The lowest BCUT2D eigenvalue weighted by molar-refractivity contribution is -0.141. The number of rotatable bonds is 14. The van der Waals surface area contributed by atoms with E-state index >= 15 is 0 Å². The van der Waals surface area contributed by atoms with E-state index in [0.29, 0.717) is 44.3 Å². The average Bonchev–Trinajstić information content (AvgIpc) is 3.42. The van der Waals surface area contributed by atoms with Crippen molar-refractivity contribution in [3.63, 3.8) is 0 Å². The Hall–Kier alpha value is -4.50. The van der Waals surface area contributed by atoms with E-state index in [0.717, 1.165) is 50.4 Å². The van der Waals surface area contributed by atoms with Crippen LogP contribution in [0, 0.1) is 13.8 Å². The number of hydrogen-bond donors (Lipinski definition) is 0. The van der Waals surface area contributed by atoms with E-state index in [2.05, 4.69) is 26.0 Å². The number of fused-ring (bicyclic) bond motifs is 1. The first-order valence-electron chi connectivity index (χ1n) is 15.3. The minimum absolute atomic E-state index is 0.0274. The SMILES string of the molecule is COC(=O)C[C@@H]1COc2cc(OCc3ccc(COc4ccccc4)c(-c4c(C)cc(OCCCS(C)(=O)=O)cc4C)c3)ccc21. The van der Waals surface area contributed by atoms with Crippen LogP contribution in [0.15, 0.2) is 78.9 Å². The summed E-state index contributed by atoms with van der Waals surface area (Å²) in [6, 6.07) is 25.7. The fourth-order valence-electron chi connectivity index (χ4n) is 5.66. The fraction of sp³-hybridized carbons (Fsp3) is 0.324. The van der Waals surface area contributed by atoms with E-state index in [1.54, 1.807) is 0 Å². The summed E-state index contributed by atoms with van der Waals surface area (Å²) in [7, 11) is -1.64. The monoisotopic (exact) mass is 644 g/mol. The molecule has 0 fully saturated rings. The molecule has 0 saturated carbocycles. The first kappa shape index (κ1) is 32.9. The lowest BCUT2D eigenvalue weighted by Gasteiger charge is -2.19. The molecule has 0 spiro atoms. The van der Waals surface area contributed by atoms with Crippen molar-refractivity contribution in [3.8, 4) is 34.1 Å². The first-order valence-corrected chi connectivity index (χ1v) is 17.3. The normalized spacial score (nSPS) is 13.9. The van der Waals surface area contributed by atoms with Crippen molar-refractivity contribution in [1.82, 2.24) is 0 Å². The summed E-state index contributed by atoms with van der Waals surface area (Å²) >= 11 is 0. The van der Waals surface area contributed by atoms with Crippen LogP contribution in [0.25, 0.3) is 11.1 Å². The van der Waals surface area contributed by atoms with Crippen LogP contribution in [0.3, 0.4) is 0 Å². The molecule has 0 radical (unpaired) electrons. The van der Waals surface area contributed by atoms with Crippen molar-refractivity contribution in [1.29, 1.82) is 0 Å². The number of carbonyl (C=O) groups excluding carboxylic acids is 1. The maximum Gasteiger partial charge on any atom is 0.306 e. The number of esters is 1. The number of sulfone groups is 1. The molecule has 8 nitrogen and oxygen atoms in total. The molecule has 0 amide bonds. The van der Waals surface area contributed by atoms with Crippen LogP contribution in [0.1, 0.15) is 46.6 Å². The van der Waals surface area contributed by atoms with Crippen LogP contribution >= 0.6 is 0 Å². The summed E-state index contributed by atoms with van der Waals surface area (Å²) < 4.78 is 51.9. The Morgan fingerprint density at radius 2 is 1.59 bits per heavy atom. The van der Waals surface area contributed by atoms with Gasteiger partial charge >= 0.3 is 5.97 Å². The third-order valence-corrected chi connectivity index (χ3v) is 8.96. The van der Waals surface area contributed by atoms with Gasteiger partial charge in [-0.3, -0.25) is 4.79 Å². The van der Waals surface area contributed by atoms with Crippen molar-refractivity contribution in [2.45, 2.75) is 45.8 Å². The van der Waals surface area contributed by atoms with Gasteiger partial charge in [0.1, 0.15) is 46.0 Å². The Bertz CT molecular complexity index is 1760. The second-order valence-electron chi connectivity index (χ2n) is 11.6. The van der Waals surface area contributed by atoms with Gasteiger partial charge in [-0.25, -0.2) is 8.42 Å². The summed E-state index contributed by atoms with van der Waals surface area (Å²) in [5, 5.41) is 0. The Kier molecular flexibility index (Phi) is 10.5. The number of aryl methyl sites for hydroxylation is 2. The van der Waals surface area contributed by atoms with Gasteiger partial charge in [0.2, 0.25) is 0 Å². The van der Waals surface area contributed by atoms with E-state index in [1.165, 1.54) is 13.4 Å². The van der Waals surface area contributed by atoms with E-state index in [-0.39, 0.29) is 24.1 Å². The molecule has 0 N–H and O–H groups in total. The van der Waals surface area contributed by atoms with E-state index < -0.39 is 9.84 Å². The molecular weight excluding hydrogens is 604 g/mol. The number of benzene rings is 4. The Morgan fingerprint density at radius 1 is 0.848 bits per heavy atom. The number of para-hydroxylation sites is 1. The lowest BCUT2D eigenvalue weighted by atomic mass is 9.91. The van der Waals surface area contributed by atoms with Gasteiger partial charge < -0.3 is 23.7 Å². The topological polar surface area (TPSA) is 97.4 Å². The molecule has 0 aromatic heterocycles. The zero-order valence-corrected chi connectivity index (χ0v) is 27.5. The van der Waals surface area contributed by atoms with Crippen molar-refractivity contribution in [2.24, 2.45) is 0 Å². The van der Waals surface area contributed by atoms with Crippen LogP contribution in [0.4, 0.5) is 0 Å². The summed E-state index contributed by atoms with van der Waals surface area (Å²) in [6.45, 7) is 5.60. The van der Waals surface area contributed by atoms with E-state index in [9.17, 15) is 13.2 Å². The summed E-state index contributed by atoms with van der Waals surface area (Å²) in [4.78, 5) is 11.8. The van der Waals surface area contributed by atoms with Gasteiger partial charge in [0.25, 0.3) is 0 Å². The number of carbonyl (C=O) groups is 1. The predicted molar refractivity (Wildman–Crippen MR) is 178 cm³/mol. The highest BCUT2D eigenvalue weighted by Gasteiger charge is 2.27. The Balaban J connectivity index is 1.36. The maximum absolute atomic E-state index is 11.8.